The molecular weight excluding hydrogens is 240 g/mol. The van der Waals surface area contributed by atoms with E-state index in [-0.39, 0.29) is 5.92 Å². The average molecular weight is 253 g/mol. The molecule has 1 heterocycles. The summed E-state index contributed by atoms with van der Waals surface area (Å²) in [6.07, 6.45) is 2.30. The highest BCUT2D eigenvalue weighted by atomic mass is 79.9. The van der Waals surface area contributed by atoms with Crippen molar-refractivity contribution in [3.8, 4) is 6.07 Å². The Morgan fingerprint density at radius 1 is 1.57 bits per heavy atom. The van der Waals surface area contributed by atoms with Gasteiger partial charge in [-0.05, 0) is 18.1 Å². The summed E-state index contributed by atoms with van der Waals surface area (Å²) in [6, 6.07) is 6.10. The molecule has 1 aromatic rings. The number of hydrogen-bond acceptors (Lipinski definition) is 2. The van der Waals surface area contributed by atoms with Crippen molar-refractivity contribution in [3.05, 3.63) is 28.5 Å². The van der Waals surface area contributed by atoms with Gasteiger partial charge in [0, 0.05) is 28.7 Å². The molecule has 74 valence electrons. The van der Waals surface area contributed by atoms with Crippen molar-refractivity contribution in [1.82, 2.24) is 4.98 Å². The second-order valence-corrected chi connectivity index (χ2v) is 4.53. The SMILES string of the molecule is CC(C)C(CC#N)c1cc(Br)ccn1. The molecule has 1 aromatic heterocycles. The molecule has 0 aliphatic carbocycles. The molecule has 3 heteroatoms. The molecule has 0 bridgehead atoms. The van der Waals surface area contributed by atoms with Gasteiger partial charge in [0.2, 0.25) is 0 Å². The summed E-state index contributed by atoms with van der Waals surface area (Å²) in [7, 11) is 0. The molecule has 0 fully saturated rings. The summed E-state index contributed by atoms with van der Waals surface area (Å²) < 4.78 is 1.02. The van der Waals surface area contributed by atoms with Crippen LogP contribution in [0.15, 0.2) is 22.8 Å². The zero-order valence-electron chi connectivity index (χ0n) is 8.37. The first kappa shape index (κ1) is 11.2. The molecule has 0 spiro atoms. The normalized spacial score (nSPS) is 12.5. The van der Waals surface area contributed by atoms with Gasteiger partial charge in [0.05, 0.1) is 6.07 Å². The van der Waals surface area contributed by atoms with E-state index in [4.69, 9.17) is 5.26 Å². The van der Waals surface area contributed by atoms with Crippen LogP contribution in [-0.4, -0.2) is 4.98 Å². The Balaban J connectivity index is 2.94. The first-order valence-electron chi connectivity index (χ1n) is 4.63. The van der Waals surface area contributed by atoms with Crippen LogP contribution in [0.1, 0.15) is 31.9 Å². The fourth-order valence-electron chi connectivity index (χ4n) is 1.40. The maximum atomic E-state index is 8.73. The minimum Gasteiger partial charge on any atom is -0.261 e. The lowest BCUT2D eigenvalue weighted by atomic mass is 9.89. The van der Waals surface area contributed by atoms with Crippen molar-refractivity contribution in [2.24, 2.45) is 5.92 Å². The van der Waals surface area contributed by atoms with Crippen molar-refractivity contribution < 1.29 is 0 Å². The van der Waals surface area contributed by atoms with E-state index in [0.717, 1.165) is 10.2 Å². The molecule has 1 rings (SSSR count). The minimum absolute atomic E-state index is 0.234. The van der Waals surface area contributed by atoms with Gasteiger partial charge in [-0.3, -0.25) is 4.98 Å². The van der Waals surface area contributed by atoms with E-state index in [1.807, 2.05) is 12.1 Å². The second-order valence-electron chi connectivity index (χ2n) is 3.61. The summed E-state index contributed by atoms with van der Waals surface area (Å²) in [4.78, 5) is 4.30. The van der Waals surface area contributed by atoms with E-state index < -0.39 is 0 Å². The molecule has 1 unspecified atom stereocenters. The fraction of sp³-hybridized carbons (Fsp3) is 0.455. The van der Waals surface area contributed by atoms with Gasteiger partial charge in [-0.15, -0.1) is 0 Å². The highest BCUT2D eigenvalue weighted by Crippen LogP contribution is 2.27. The van der Waals surface area contributed by atoms with Crippen LogP contribution in [0.5, 0.6) is 0 Å². The summed E-state index contributed by atoms with van der Waals surface area (Å²) in [5.41, 5.74) is 0.996. The molecule has 0 N–H and O–H groups in total. The lowest BCUT2D eigenvalue weighted by Gasteiger charge is -2.16. The van der Waals surface area contributed by atoms with Gasteiger partial charge < -0.3 is 0 Å². The van der Waals surface area contributed by atoms with Crippen LogP contribution in [0.2, 0.25) is 0 Å². The topological polar surface area (TPSA) is 36.7 Å². The molecule has 0 radical (unpaired) electrons. The molecule has 2 nitrogen and oxygen atoms in total. The second kappa shape index (κ2) is 5.11. The van der Waals surface area contributed by atoms with E-state index in [0.29, 0.717) is 12.3 Å². The molecule has 0 saturated heterocycles. The average Bonchev–Trinajstić information content (AvgIpc) is 2.13. The quantitative estimate of drug-likeness (QED) is 0.826. The third kappa shape index (κ3) is 2.81. The van der Waals surface area contributed by atoms with Crippen molar-refractivity contribution in [2.45, 2.75) is 26.2 Å². The molecule has 0 aliphatic rings. The number of nitrogens with zero attached hydrogens (tertiary/aromatic N) is 2. The Morgan fingerprint density at radius 2 is 2.29 bits per heavy atom. The van der Waals surface area contributed by atoms with E-state index in [1.165, 1.54) is 0 Å². The maximum absolute atomic E-state index is 8.73. The predicted octanol–water partition coefficient (Wildman–Crippen LogP) is 3.50. The molecular formula is C11H13BrN2. The van der Waals surface area contributed by atoms with Crippen LogP contribution in [0, 0.1) is 17.2 Å². The zero-order valence-corrected chi connectivity index (χ0v) is 9.95. The highest BCUT2D eigenvalue weighted by molar-refractivity contribution is 9.10. The van der Waals surface area contributed by atoms with Gasteiger partial charge in [-0.1, -0.05) is 29.8 Å². The predicted molar refractivity (Wildman–Crippen MR) is 59.7 cm³/mol. The summed E-state index contributed by atoms with van der Waals surface area (Å²) in [5.74, 6) is 0.675. The summed E-state index contributed by atoms with van der Waals surface area (Å²) in [6.45, 7) is 4.23. The molecule has 0 aromatic carbocycles. The van der Waals surface area contributed by atoms with Gasteiger partial charge in [0.1, 0.15) is 0 Å². The monoisotopic (exact) mass is 252 g/mol. The first-order chi connectivity index (χ1) is 6.65. The van der Waals surface area contributed by atoms with E-state index in [9.17, 15) is 0 Å². The standard InChI is InChI=1S/C11H13BrN2/c1-8(2)10(3-5-13)11-7-9(12)4-6-14-11/h4,6-8,10H,3H2,1-2H3. The van der Waals surface area contributed by atoms with Gasteiger partial charge in [-0.2, -0.15) is 5.26 Å². The Bertz CT molecular complexity index is 341. The van der Waals surface area contributed by atoms with Crippen LogP contribution in [0.4, 0.5) is 0 Å². The fourth-order valence-corrected chi connectivity index (χ4v) is 1.76. The number of halogens is 1. The Labute approximate surface area is 93.1 Å². The van der Waals surface area contributed by atoms with Gasteiger partial charge in [-0.25, -0.2) is 0 Å². The summed E-state index contributed by atoms with van der Waals surface area (Å²) in [5, 5.41) is 8.73. The maximum Gasteiger partial charge on any atom is 0.0628 e. The van der Waals surface area contributed by atoms with Crippen LogP contribution >= 0.6 is 15.9 Å². The highest BCUT2D eigenvalue weighted by Gasteiger charge is 2.16. The minimum atomic E-state index is 0.234. The largest absolute Gasteiger partial charge is 0.261 e. The van der Waals surface area contributed by atoms with Crippen LogP contribution < -0.4 is 0 Å². The van der Waals surface area contributed by atoms with Gasteiger partial charge >= 0.3 is 0 Å². The third-order valence-corrected chi connectivity index (χ3v) is 2.73. The van der Waals surface area contributed by atoms with Crippen LogP contribution in [0.25, 0.3) is 0 Å². The first-order valence-corrected chi connectivity index (χ1v) is 5.43. The third-order valence-electron chi connectivity index (χ3n) is 2.24. The van der Waals surface area contributed by atoms with E-state index in [1.54, 1.807) is 6.20 Å². The number of pyridine rings is 1. The lowest BCUT2D eigenvalue weighted by molar-refractivity contribution is 0.495. The number of rotatable bonds is 3. The number of nitriles is 1. The van der Waals surface area contributed by atoms with Crippen molar-refractivity contribution >= 4 is 15.9 Å². The Hall–Kier alpha value is -0.880. The van der Waals surface area contributed by atoms with Gasteiger partial charge in [0.25, 0.3) is 0 Å². The Morgan fingerprint density at radius 3 is 2.79 bits per heavy atom. The van der Waals surface area contributed by atoms with Crippen molar-refractivity contribution in [3.63, 3.8) is 0 Å². The molecule has 1 atom stereocenters. The van der Waals surface area contributed by atoms with Crippen molar-refractivity contribution in [2.75, 3.05) is 0 Å². The summed E-state index contributed by atoms with van der Waals surface area (Å²) >= 11 is 3.41. The Kier molecular flexibility index (Phi) is 4.09. The molecule has 0 aliphatic heterocycles. The number of hydrogen-bond donors (Lipinski definition) is 0. The van der Waals surface area contributed by atoms with Crippen LogP contribution in [0.3, 0.4) is 0 Å². The van der Waals surface area contributed by atoms with E-state index >= 15 is 0 Å². The number of aromatic nitrogens is 1. The van der Waals surface area contributed by atoms with Crippen LogP contribution in [-0.2, 0) is 0 Å². The smallest absolute Gasteiger partial charge is 0.0628 e. The van der Waals surface area contributed by atoms with Gasteiger partial charge in [0.15, 0.2) is 0 Å². The molecule has 0 amide bonds. The zero-order chi connectivity index (χ0) is 10.6. The molecule has 0 saturated carbocycles. The van der Waals surface area contributed by atoms with Crippen molar-refractivity contribution in [1.29, 1.82) is 5.26 Å². The lowest BCUT2D eigenvalue weighted by Crippen LogP contribution is -2.07. The van der Waals surface area contributed by atoms with E-state index in [2.05, 4.69) is 40.8 Å². The molecule has 14 heavy (non-hydrogen) atoms.